The van der Waals surface area contributed by atoms with E-state index in [9.17, 15) is 4.89 Å². The molecule has 2 rings (SSSR count). The smallest absolute Gasteiger partial charge is 0.328 e. The van der Waals surface area contributed by atoms with Gasteiger partial charge >= 0.3 is 8.60 Å². The molecule has 2 aromatic rings. The van der Waals surface area contributed by atoms with Crippen molar-refractivity contribution in [2.24, 2.45) is 5.92 Å². The van der Waals surface area contributed by atoms with Gasteiger partial charge in [-0.3, -0.25) is 4.52 Å². The van der Waals surface area contributed by atoms with Crippen LogP contribution >= 0.6 is 8.60 Å². The first-order valence-electron chi connectivity index (χ1n) is 15.8. The van der Waals surface area contributed by atoms with Gasteiger partial charge < -0.3 is 9.42 Å². The fraction of sp³-hybridized carbons (Fsp3) is 0.676. The number of hydrogen-bond donors (Lipinski definition) is 1. The highest BCUT2D eigenvalue weighted by atomic mass is 31.2. The first-order chi connectivity index (χ1) is 18.7. The van der Waals surface area contributed by atoms with E-state index in [1.54, 1.807) is 0 Å². The van der Waals surface area contributed by atoms with Gasteiger partial charge in [-0.15, -0.1) is 0 Å². The molecule has 41 heavy (non-hydrogen) atoms. The molecule has 0 aliphatic carbocycles. The van der Waals surface area contributed by atoms with E-state index in [1.165, 1.54) is 35.1 Å². The van der Waals surface area contributed by atoms with Crippen molar-refractivity contribution < 1.29 is 13.9 Å². The molecule has 2 atom stereocenters. The highest BCUT2D eigenvalue weighted by molar-refractivity contribution is 7.40. The van der Waals surface area contributed by atoms with E-state index in [4.69, 9.17) is 9.05 Å². The lowest BCUT2D eigenvalue weighted by molar-refractivity contribution is 0.143. The Hall–Kier alpha value is -1.25. The van der Waals surface area contributed by atoms with Gasteiger partial charge in [-0.05, 0) is 67.4 Å². The molecule has 0 fully saturated rings. The first kappa shape index (κ1) is 35.9. The lowest BCUT2D eigenvalue weighted by Crippen LogP contribution is -2.23. The molecule has 1 N–H and O–H groups in total. The number of unbranched alkanes of at least 4 members (excludes halogenated alkanes) is 1. The molecule has 0 bridgehead atoms. The third-order valence-corrected chi connectivity index (χ3v) is 8.94. The summed E-state index contributed by atoms with van der Waals surface area (Å²) < 4.78 is 12.7. The van der Waals surface area contributed by atoms with Gasteiger partial charge in [0.05, 0.1) is 6.61 Å². The molecule has 0 spiro atoms. The van der Waals surface area contributed by atoms with Gasteiger partial charge in [0.2, 0.25) is 0 Å². The number of benzene rings is 2. The first-order valence-corrected chi connectivity index (χ1v) is 16.9. The largest absolute Gasteiger partial charge is 0.330 e. The van der Waals surface area contributed by atoms with Gasteiger partial charge in [0.25, 0.3) is 0 Å². The summed E-state index contributed by atoms with van der Waals surface area (Å²) in [5, 5.41) is 0. The van der Waals surface area contributed by atoms with E-state index in [-0.39, 0.29) is 21.7 Å². The van der Waals surface area contributed by atoms with Gasteiger partial charge in [0, 0.05) is 0 Å². The van der Waals surface area contributed by atoms with E-state index in [0.717, 1.165) is 24.0 Å². The van der Waals surface area contributed by atoms with Gasteiger partial charge in [0.1, 0.15) is 6.10 Å². The second-order valence-electron chi connectivity index (χ2n) is 16.0. The van der Waals surface area contributed by atoms with E-state index in [2.05, 4.69) is 133 Å². The standard InChI is InChI=1S/C37H61O3P/c1-15-17-18-26(16-2)25-39-41(38)40-33(29-21-19-27(34(3,4)5)23-31(29)36(9,10)11)30-22-20-28(35(6,7)8)24-32(30)37(12,13)14/h19-24,26,33,38H,15-18,25H2,1-14H3. The van der Waals surface area contributed by atoms with Gasteiger partial charge in [-0.25, -0.2) is 0 Å². The molecule has 0 saturated heterocycles. The van der Waals surface area contributed by atoms with Crippen LogP contribution in [0.15, 0.2) is 36.4 Å². The van der Waals surface area contributed by atoms with Crippen LogP contribution in [0.2, 0.25) is 0 Å². The van der Waals surface area contributed by atoms with Crippen molar-refractivity contribution in [1.82, 2.24) is 0 Å². The molecule has 0 amide bonds. The third-order valence-electron chi connectivity index (χ3n) is 8.18. The van der Waals surface area contributed by atoms with Crippen molar-refractivity contribution in [2.45, 2.75) is 150 Å². The Bertz CT molecular complexity index is 1030. The zero-order valence-corrected chi connectivity index (χ0v) is 29.8. The zero-order valence-electron chi connectivity index (χ0n) is 28.9. The van der Waals surface area contributed by atoms with Crippen molar-refractivity contribution >= 4 is 8.60 Å². The fourth-order valence-corrected chi connectivity index (χ4v) is 6.08. The monoisotopic (exact) mass is 584 g/mol. The molecule has 3 nitrogen and oxygen atoms in total. The molecule has 2 unspecified atom stereocenters. The Kier molecular flexibility index (Phi) is 12.3. The molecular formula is C37H61O3P. The van der Waals surface area contributed by atoms with Crippen LogP contribution < -0.4 is 0 Å². The zero-order chi connectivity index (χ0) is 31.4. The van der Waals surface area contributed by atoms with Crippen LogP contribution in [0.3, 0.4) is 0 Å². The van der Waals surface area contributed by atoms with Crippen molar-refractivity contribution in [2.75, 3.05) is 6.61 Å². The van der Waals surface area contributed by atoms with Crippen LogP contribution in [0.4, 0.5) is 0 Å². The maximum atomic E-state index is 11.3. The SMILES string of the molecule is CCCCC(CC)COP(O)OC(c1ccc(C(C)(C)C)cc1C(C)(C)C)c1ccc(C(C)(C)C)cc1C(C)(C)C. The lowest BCUT2D eigenvalue weighted by Gasteiger charge is -2.34. The van der Waals surface area contributed by atoms with Crippen molar-refractivity contribution in [3.05, 3.63) is 69.8 Å². The minimum atomic E-state index is -2.08. The van der Waals surface area contributed by atoms with Crippen molar-refractivity contribution in [1.29, 1.82) is 0 Å². The molecular weight excluding hydrogens is 523 g/mol. The Labute approximate surface area is 254 Å². The average molecular weight is 585 g/mol. The van der Waals surface area contributed by atoms with E-state index < -0.39 is 14.7 Å². The Balaban J connectivity index is 2.73. The summed E-state index contributed by atoms with van der Waals surface area (Å²) >= 11 is 0. The van der Waals surface area contributed by atoms with Gasteiger partial charge in [-0.2, -0.15) is 0 Å². The predicted octanol–water partition coefficient (Wildman–Crippen LogP) is 11.4. The van der Waals surface area contributed by atoms with E-state index in [0.29, 0.717) is 12.5 Å². The van der Waals surface area contributed by atoms with Crippen LogP contribution in [0.25, 0.3) is 0 Å². The molecule has 0 aromatic heterocycles. The van der Waals surface area contributed by atoms with Crippen LogP contribution in [0, 0.1) is 5.92 Å². The fourth-order valence-electron chi connectivity index (χ4n) is 5.27. The minimum Gasteiger partial charge on any atom is -0.328 e. The molecule has 0 radical (unpaired) electrons. The number of rotatable bonds is 11. The second kappa shape index (κ2) is 14.0. The highest BCUT2D eigenvalue weighted by Crippen LogP contribution is 2.48. The number of hydrogen-bond acceptors (Lipinski definition) is 3. The highest BCUT2D eigenvalue weighted by Gasteiger charge is 2.33. The molecule has 0 heterocycles. The summed E-state index contributed by atoms with van der Waals surface area (Å²) in [6, 6.07) is 13.6. The van der Waals surface area contributed by atoms with E-state index >= 15 is 0 Å². The summed E-state index contributed by atoms with van der Waals surface area (Å²) in [6.07, 6.45) is 4.05. The lowest BCUT2D eigenvalue weighted by atomic mass is 9.74. The van der Waals surface area contributed by atoms with Crippen LogP contribution in [0.5, 0.6) is 0 Å². The molecule has 2 aromatic carbocycles. The molecule has 0 aliphatic heterocycles. The molecule has 232 valence electrons. The van der Waals surface area contributed by atoms with E-state index in [1.807, 2.05) is 0 Å². The Morgan fingerprint density at radius 1 is 0.683 bits per heavy atom. The second-order valence-corrected chi connectivity index (χ2v) is 17.0. The summed E-state index contributed by atoms with van der Waals surface area (Å²) in [6.45, 7) is 32.1. The van der Waals surface area contributed by atoms with Crippen molar-refractivity contribution in [3.63, 3.8) is 0 Å². The summed E-state index contributed by atoms with van der Waals surface area (Å²) in [4.78, 5) is 11.3. The third kappa shape index (κ3) is 10.2. The maximum Gasteiger partial charge on any atom is 0.330 e. The molecule has 0 saturated carbocycles. The summed E-state index contributed by atoms with van der Waals surface area (Å²) in [5.74, 6) is 0.432. The predicted molar refractivity (Wildman–Crippen MR) is 179 cm³/mol. The van der Waals surface area contributed by atoms with Gasteiger partial charge in [-0.1, -0.05) is 153 Å². The molecule has 0 aliphatic rings. The topological polar surface area (TPSA) is 38.7 Å². The molecule has 4 heteroatoms. The summed E-state index contributed by atoms with van der Waals surface area (Å²) in [7, 11) is -2.08. The quantitative estimate of drug-likeness (QED) is 0.267. The minimum absolute atomic E-state index is 0.0279. The Morgan fingerprint density at radius 2 is 1.12 bits per heavy atom. The normalized spacial score (nSPS) is 14.9. The van der Waals surface area contributed by atoms with Crippen molar-refractivity contribution in [3.8, 4) is 0 Å². The summed E-state index contributed by atoms with van der Waals surface area (Å²) in [5.41, 5.74) is 7.11. The average Bonchev–Trinajstić information content (AvgIpc) is 2.84. The van der Waals surface area contributed by atoms with Crippen LogP contribution in [0.1, 0.15) is 162 Å². The Morgan fingerprint density at radius 3 is 1.46 bits per heavy atom. The maximum absolute atomic E-state index is 11.3. The van der Waals surface area contributed by atoms with Gasteiger partial charge in [0.15, 0.2) is 0 Å². The van der Waals surface area contributed by atoms with Crippen LogP contribution in [-0.4, -0.2) is 11.5 Å². The van der Waals surface area contributed by atoms with Crippen LogP contribution in [-0.2, 0) is 30.7 Å².